The van der Waals surface area contributed by atoms with E-state index in [-0.39, 0.29) is 0 Å². The molecule has 28 heavy (non-hydrogen) atoms. The third-order valence-electron chi connectivity index (χ3n) is 5.19. The predicted octanol–water partition coefficient (Wildman–Crippen LogP) is 6.95. The summed E-state index contributed by atoms with van der Waals surface area (Å²) in [6.45, 7) is 4.45. The maximum absolute atomic E-state index is 11.0. The van der Waals surface area contributed by atoms with E-state index < -0.39 is 12.2 Å². The van der Waals surface area contributed by atoms with Gasteiger partial charge in [0.15, 0.2) is 12.2 Å². The van der Waals surface area contributed by atoms with Gasteiger partial charge in [-0.1, -0.05) is 117 Å². The molecule has 0 saturated heterocycles. The van der Waals surface area contributed by atoms with Crippen LogP contribution in [0.5, 0.6) is 0 Å². The van der Waals surface area contributed by atoms with Crippen molar-refractivity contribution in [1.82, 2.24) is 0 Å². The summed E-state index contributed by atoms with van der Waals surface area (Å²) >= 11 is 0. The standard InChI is InChI=1S/C24H44O4/c1-3-5-7-9-11-13-15-17-19-23(21-25)27-28-24(22-26)20-18-16-14-12-10-8-6-4-2/h23-24H,3-20H2,1-2H3. The summed E-state index contributed by atoms with van der Waals surface area (Å²) in [5, 5.41) is 0. The molecule has 4 nitrogen and oxygen atoms in total. The molecule has 2 unspecified atom stereocenters. The highest BCUT2D eigenvalue weighted by Crippen LogP contribution is 2.14. The van der Waals surface area contributed by atoms with Crippen molar-refractivity contribution < 1.29 is 19.4 Å². The molecule has 0 aromatic heterocycles. The zero-order valence-corrected chi connectivity index (χ0v) is 18.5. The van der Waals surface area contributed by atoms with Crippen molar-refractivity contribution in [3.63, 3.8) is 0 Å². The summed E-state index contributed by atoms with van der Waals surface area (Å²) < 4.78 is 0. The van der Waals surface area contributed by atoms with Gasteiger partial charge in [0.25, 0.3) is 0 Å². The SMILES string of the molecule is CCCCCCCCCCC([C]=O)OOC([C]=O)CCCCCCCCCC. The molecular formula is C24H44O4. The Morgan fingerprint density at radius 2 is 0.786 bits per heavy atom. The molecule has 0 saturated carbocycles. The number of hydrogen-bond donors (Lipinski definition) is 0. The van der Waals surface area contributed by atoms with Crippen LogP contribution in [-0.4, -0.2) is 24.8 Å². The third-order valence-corrected chi connectivity index (χ3v) is 5.19. The highest BCUT2D eigenvalue weighted by molar-refractivity contribution is 5.57. The van der Waals surface area contributed by atoms with Crippen molar-refractivity contribution >= 4 is 12.6 Å². The van der Waals surface area contributed by atoms with Gasteiger partial charge in [-0.25, -0.2) is 9.78 Å². The van der Waals surface area contributed by atoms with Gasteiger partial charge >= 0.3 is 0 Å². The normalized spacial score (nSPS) is 13.4. The van der Waals surface area contributed by atoms with Gasteiger partial charge in [-0.2, -0.15) is 0 Å². The van der Waals surface area contributed by atoms with Crippen molar-refractivity contribution in [2.24, 2.45) is 0 Å². The molecule has 0 amide bonds. The Hall–Kier alpha value is -0.740. The zero-order chi connectivity index (χ0) is 20.7. The summed E-state index contributed by atoms with van der Waals surface area (Å²) in [5.74, 6) is 0. The van der Waals surface area contributed by atoms with E-state index in [2.05, 4.69) is 13.8 Å². The lowest BCUT2D eigenvalue weighted by Gasteiger charge is -2.14. The molecule has 0 aliphatic heterocycles. The molecule has 4 heteroatoms. The highest BCUT2D eigenvalue weighted by Gasteiger charge is 2.15. The van der Waals surface area contributed by atoms with Gasteiger partial charge in [-0.3, -0.25) is 9.59 Å². The first-order valence-electron chi connectivity index (χ1n) is 11.9. The summed E-state index contributed by atoms with van der Waals surface area (Å²) in [7, 11) is 0. The fraction of sp³-hybridized carbons (Fsp3) is 0.917. The average Bonchev–Trinajstić information content (AvgIpc) is 2.72. The van der Waals surface area contributed by atoms with E-state index in [9.17, 15) is 9.59 Å². The number of hydrogen-bond acceptors (Lipinski definition) is 4. The second kappa shape index (κ2) is 22.5. The quantitative estimate of drug-likeness (QED) is 0.106. The molecule has 0 aliphatic carbocycles. The van der Waals surface area contributed by atoms with Crippen molar-refractivity contribution in [1.29, 1.82) is 0 Å². The van der Waals surface area contributed by atoms with Gasteiger partial charge in [0.1, 0.15) is 0 Å². The first-order valence-corrected chi connectivity index (χ1v) is 11.9. The van der Waals surface area contributed by atoms with Crippen molar-refractivity contribution in [3.05, 3.63) is 0 Å². The number of unbranched alkanes of at least 4 members (excludes halogenated alkanes) is 14. The van der Waals surface area contributed by atoms with Crippen molar-refractivity contribution in [2.45, 2.75) is 142 Å². The molecular weight excluding hydrogens is 352 g/mol. The molecule has 2 atom stereocenters. The van der Waals surface area contributed by atoms with Crippen LogP contribution in [0.1, 0.15) is 129 Å². The molecule has 0 bridgehead atoms. The molecule has 0 aromatic rings. The second-order valence-corrected chi connectivity index (χ2v) is 7.93. The summed E-state index contributed by atoms with van der Waals surface area (Å²) in [6, 6.07) is 0. The molecule has 0 fully saturated rings. The fourth-order valence-corrected chi connectivity index (χ4v) is 3.31. The lowest BCUT2D eigenvalue weighted by molar-refractivity contribution is -0.325. The van der Waals surface area contributed by atoms with Gasteiger partial charge in [-0.15, -0.1) is 0 Å². The Morgan fingerprint density at radius 1 is 0.500 bits per heavy atom. The van der Waals surface area contributed by atoms with E-state index in [1.807, 2.05) is 12.6 Å². The van der Waals surface area contributed by atoms with Crippen LogP contribution in [0.15, 0.2) is 0 Å². The van der Waals surface area contributed by atoms with E-state index >= 15 is 0 Å². The van der Waals surface area contributed by atoms with E-state index in [4.69, 9.17) is 9.78 Å². The lowest BCUT2D eigenvalue weighted by Crippen LogP contribution is -2.22. The molecule has 0 aliphatic rings. The van der Waals surface area contributed by atoms with E-state index in [1.165, 1.54) is 77.0 Å². The zero-order valence-electron chi connectivity index (χ0n) is 18.5. The van der Waals surface area contributed by atoms with Crippen LogP contribution in [0.25, 0.3) is 0 Å². The third kappa shape index (κ3) is 18.6. The number of carbonyl (C=O) groups excluding carboxylic acids is 2. The van der Waals surface area contributed by atoms with E-state index in [1.54, 1.807) is 0 Å². The average molecular weight is 397 g/mol. The predicted molar refractivity (Wildman–Crippen MR) is 116 cm³/mol. The van der Waals surface area contributed by atoms with Crippen LogP contribution < -0.4 is 0 Å². The monoisotopic (exact) mass is 396 g/mol. The maximum Gasteiger partial charge on any atom is 0.233 e. The van der Waals surface area contributed by atoms with Crippen LogP contribution in [0, 0.1) is 0 Å². The molecule has 0 aromatic carbocycles. The van der Waals surface area contributed by atoms with E-state index in [0.29, 0.717) is 12.8 Å². The summed E-state index contributed by atoms with van der Waals surface area (Å²) in [6.07, 6.45) is 22.9. The summed E-state index contributed by atoms with van der Waals surface area (Å²) in [5.41, 5.74) is 0. The van der Waals surface area contributed by atoms with Gasteiger partial charge in [0.05, 0.1) is 0 Å². The topological polar surface area (TPSA) is 52.6 Å². The Morgan fingerprint density at radius 3 is 1.07 bits per heavy atom. The van der Waals surface area contributed by atoms with E-state index in [0.717, 1.165) is 25.7 Å². The van der Waals surface area contributed by atoms with Gasteiger partial charge in [0, 0.05) is 0 Å². The Bertz CT molecular complexity index is 301. The summed E-state index contributed by atoms with van der Waals surface area (Å²) in [4.78, 5) is 32.3. The highest BCUT2D eigenvalue weighted by atomic mass is 17.2. The van der Waals surface area contributed by atoms with Crippen LogP contribution in [0.3, 0.4) is 0 Å². The minimum absolute atomic E-state index is 0.599. The van der Waals surface area contributed by atoms with Crippen LogP contribution >= 0.6 is 0 Å². The van der Waals surface area contributed by atoms with Gasteiger partial charge < -0.3 is 0 Å². The van der Waals surface area contributed by atoms with Crippen LogP contribution in [0.2, 0.25) is 0 Å². The minimum Gasteiger partial charge on any atom is -0.288 e. The first kappa shape index (κ1) is 27.3. The second-order valence-electron chi connectivity index (χ2n) is 7.93. The molecule has 2 radical (unpaired) electrons. The molecule has 0 heterocycles. The van der Waals surface area contributed by atoms with Gasteiger partial charge in [0.2, 0.25) is 12.6 Å². The maximum atomic E-state index is 11.0. The first-order chi connectivity index (χ1) is 13.8. The largest absolute Gasteiger partial charge is 0.288 e. The molecule has 0 N–H and O–H groups in total. The van der Waals surface area contributed by atoms with Crippen LogP contribution in [0.4, 0.5) is 0 Å². The number of rotatable bonds is 23. The van der Waals surface area contributed by atoms with Crippen molar-refractivity contribution in [2.75, 3.05) is 0 Å². The Labute approximate surface area is 174 Å². The molecule has 164 valence electrons. The van der Waals surface area contributed by atoms with Crippen LogP contribution in [-0.2, 0) is 19.4 Å². The smallest absolute Gasteiger partial charge is 0.233 e. The minimum atomic E-state index is -0.700. The molecule has 0 spiro atoms. The van der Waals surface area contributed by atoms with Gasteiger partial charge in [-0.05, 0) is 12.8 Å². The fourth-order valence-electron chi connectivity index (χ4n) is 3.31. The Balaban J connectivity index is 3.64. The lowest BCUT2D eigenvalue weighted by atomic mass is 10.1. The molecule has 0 rings (SSSR count). The Kier molecular flexibility index (Phi) is 22.0. The van der Waals surface area contributed by atoms with Crippen molar-refractivity contribution in [3.8, 4) is 0 Å².